The highest BCUT2D eigenvalue weighted by atomic mass is 16.1. The summed E-state index contributed by atoms with van der Waals surface area (Å²) < 4.78 is 0. The van der Waals surface area contributed by atoms with E-state index in [1.807, 2.05) is 0 Å². The average molecular weight is 277 g/mol. The van der Waals surface area contributed by atoms with Crippen LogP contribution in [0.2, 0.25) is 0 Å². The summed E-state index contributed by atoms with van der Waals surface area (Å²) in [5.41, 5.74) is 1.22. The van der Waals surface area contributed by atoms with Gasteiger partial charge in [-0.2, -0.15) is 0 Å². The van der Waals surface area contributed by atoms with E-state index in [4.69, 9.17) is 0 Å². The largest absolute Gasteiger partial charge is 0.351 e. The Kier molecular flexibility index (Phi) is 2.89. The maximum absolute atomic E-state index is 12.4. The first-order chi connectivity index (χ1) is 9.01. The predicted octanol–water partition coefficient (Wildman–Crippen LogP) is 4.29. The second kappa shape index (κ2) is 4.01. The van der Waals surface area contributed by atoms with E-state index in [0.29, 0.717) is 16.2 Å². The lowest BCUT2D eigenvalue weighted by molar-refractivity contribution is -0.156. The standard InChI is InChI=1S/C18H31NO/c1-15(2,3)19-14(20)9-18-8-13-6-16(4,11-18)10-17(5,7-13)12-18/h13H,6-12H2,1-5H3,(H,19,20). The van der Waals surface area contributed by atoms with Crippen LogP contribution in [0, 0.1) is 22.2 Å². The number of amides is 1. The minimum atomic E-state index is -0.104. The molecule has 4 fully saturated rings. The molecule has 0 radical (unpaired) electrons. The molecule has 114 valence electrons. The number of nitrogens with one attached hydrogen (secondary N) is 1. The molecule has 0 saturated heterocycles. The molecule has 0 heterocycles. The van der Waals surface area contributed by atoms with Crippen LogP contribution in [0.15, 0.2) is 0 Å². The second-order valence-corrected chi connectivity index (χ2v) is 10.1. The van der Waals surface area contributed by atoms with E-state index in [1.54, 1.807) is 0 Å². The van der Waals surface area contributed by atoms with Crippen LogP contribution in [0.5, 0.6) is 0 Å². The number of carbonyl (C=O) groups excluding carboxylic acids is 1. The van der Waals surface area contributed by atoms with Gasteiger partial charge in [-0.3, -0.25) is 4.79 Å². The van der Waals surface area contributed by atoms with Gasteiger partial charge in [0.1, 0.15) is 0 Å². The third-order valence-corrected chi connectivity index (χ3v) is 5.79. The first-order valence-corrected chi connectivity index (χ1v) is 8.32. The van der Waals surface area contributed by atoms with Crippen molar-refractivity contribution in [2.24, 2.45) is 22.2 Å². The molecule has 4 rings (SSSR count). The van der Waals surface area contributed by atoms with Crippen molar-refractivity contribution < 1.29 is 4.79 Å². The van der Waals surface area contributed by atoms with Gasteiger partial charge in [0.15, 0.2) is 0 Å². The minimum Gasteiger partial charge on any atom is -0.351 e. The van der Waals surface area contributed by atoms with Crippen LogP contribution in [0.3, 0.4) is 0 Å². The Hall–Kier alpha value is -0.530. The zero-order valence-corrected chi connectivity index (χ0v) is 13.9. The summed E-state index contributed by atoms with van der Waals surface area (Å²) in [7, 11) is 0. The van der Waals surface area contributed by atoms with E-state index < -0.39 is 0 Å². The number of carbonyl (C=O) groups is 1. The van der Waals surface area contributed by atoms with E-state index in [2.05, 4.69) is 39.9 Å². The number of hydrogen-bond donors (Lipinski definition) is 1. The van der Waals surface area contributed by atoms with Crippen LogP contribution < -0.4 is 5.32 Å². The van der Waals surface area contributed by atoms with Gasteiger partial charge in [-0.05, 0) is 81.5 Å². The third-order valence-electron chi connectivity index (χ3n) is 5.79. The van der Waals surface area contributed by atoms with Crippen molar-refractivity contribution in [1.29, 1.82) is 0 Å². The Morgan fingerprint density at radius 3 is 2.05 bits per heavy atom. The number of rotatable bonds is 2. The van der Waals surface area contributed by atoms with E-state index in [0.717, 1.165) is 12.3 Å². The van der Waals surface area contributed by atoms with Crippen LogP contribution in [0.4, 0.5) is 0 Å². The Bertz CT molecular complexity index is 415. The minimum absolute atomic E-state index is 0.104. The zero-order chi connectivity index (χ0) is 14.8. The van der Waals surface area contributed by atoms with Crippen LogP contribution in [-0.2, 0) is 4.79 Å². The first kappa shape index (κ1) is 14.4. The maximum Gasteiger partial charge on any atom is 0.220 e. The van der Waals surface area contributed by atoms with Crippen molar-refractivity contribution in [3.05, 3.63) is 0 Å². The molecular weight excluding hydrogens is 246 g/mol. The molecular formula is C18H31NO. The summed E-state index contributed by atoms with van der Waals surface area (Å²) in [6.45, 7) is 11.2. The predicted molar refractivity (Wildman–Crippen MR) is 82.4 cm³/mol. The molecule has 4 bridgehead atoms. The van der Waals surface area contributed by atoms with Crippen LogP contribution in [0.25, 0.3) is 0 Å². The lowest BCUT2D eigenvalue weighted by atomic mass is 9.40. The quantitative estimate of drug-likeness (QED) is 0.801. The van der Waals surface area contributed by atoms with Crippen molar-refractivity contribution in [2.75, 3.05) is 0 Å². The molecule has 2 atom stereocenters. The van der Waals surface area contributed by atoms with Gasteiger partial charge in [-0.25, -0.2) is 0 Å². The van der Waals surface area contributed by atoms with E-state index in [9.17, 15) is 4.79 Å². The van der Waals surface area contributed by atoms with Gasteiger partial charge < -0.3 is 5.32 Å². The third kappa shape index (κ3) is 2.63. The molecule has 20 heavy (non-hydrogen) atoms. The van der Waals surface area contributed by atoms with Crippen molar-refractivity contribution >= 4 is 5.91 Å². The van der Waals surface area contributed by atoms with Crippen molar-refractivity contribution in [2.45, 2.75) is 85.1 Å². The molecule has 1 N–H and O–H groups in total. The second-order valence-electron chi connectivity index (χ2n) is 10.1. The molecule has 0 aromatic carbocycles. The van der Waals surface area contributed by atoms with Gasteiger partial charge >= 0.3 is 0 Å². The van der Waals surface area contributed by atoms with Gasteiger partial charge in [0.2, 0.25) is 5.91 Å². The maximum atomic E-state index is 12.4. The summed E-state index contributed by atoms with van der Waals surface area (Å²) in [5.74, 6) is 1.15. The van der Waals surface area contributed by atoms with Gasteiger partial charge in [0.05, 0.1) is 0 Å². The number of hydrogen-bond acceptors (Lipinski definition) is 1. The molecule has 4 aliphatic carbocycles. The smallest absolute Gasteiger partial charge is 0.220 e. The molecule has 2 nitrogen and oxygen atoms in total. The van der Waals surface area contributed by atoms with Gasteiger partial charge in [0.25, 0.3) is 0 Å². The highest BCUT2D eigenvalue weighted by Gasteiger charge is 2.60. The Morgan fingerprint density at radius 2 is 1.60 bits per heavy atom. The van der Waals surface area contributed by atoms with Gasteiger partial charge in [-0.15, -0.1) is 0 Å². The van der Waals surface area contributed by atoms with Crippen molar-refractivity contribution in [3.8, 4) is 0 Å². The first-order valence-electron chi connectivity index (χ1n) is 8.32. The Balaban J connectivity index is 1.77. The summed E-state index contributed by atoms with van der Waals surface area (Å²) >= 11 is 0. The highest BCUT2D eigenvalue weighted by Crippen LogP contribution is 2.70. The summed E-state index contributed by atoms with van der Waals surface area (Å²) in [5, 5.41) is 3.18. The molecule has 1 amide bonds. The highest BCUT2D eigenvalue weighted by molar-refractivity contribution is 5.77. The molecule has 0 aromatic rings. The van der Waals surface area contributed by atoms with Crippen molar-refractivity contribution in [1.82, 2.24) is 5.32 Å². The lowest BCUT2D eigenvalue weighted by Gasteiger charge is -2.65. The Labute approximate surface area is 124 Å². The normalized spacial score (nSPS) is 46.5. The molecule has 0 spiro atoms. The SMILES string of the molecule is CC12CC3CC(C)(C1)CC(CC(=O)NC(C)(C)C)(C3)C2. The van der Waals surface area contributed by atoms with E-state index >= 15 is 0 Å². The van der Waals surface area contributed by atoms with Crippen molar-refractivity contribution in [3.63, 3.8) is 0 Å². The molecule has 4 aliphatic rings. The fourth-order valence-corrected chi connectivity index (χ4v) is 6.68. The molecule has 0 aromatic heterocycles. The van der Waals surface area contributed by atoms with Gasteiger partial charge in [-0.1, -0.05) is 13.8 Å². The summed E-state index contributed by atoms with van der Waals surface area (Å²) in [4.78, 5) is 12.4. The molecule has 2 heteroatoms. The van der Waals surface area contributed by atoms with Crippen LogP contribution in [0.1, 0.15) is 79.6 Å². The zero-order valence-electron chi connectivity index (χ0n) is 13.9. The van der Waals surface area contributed by atoms with E-state index in [1.165, 1.54) is 38.5 Å². The molecule has 2 unspecified atom stereocenters. The fourth-order valence-electron chi connectivity index (χ4n) is 6.68. The van der Waals surface area contributed by atoms with E-state index in [-0.39, 0.29) is 11.4 Å². The molecule has 4 saturated carbocycles. The van der Waals surface area contributed by atoms with Gasteiger partial charge in [0, 0.05) is 12.0 Å². The molecule has 0 aliphatic heterocycles. The lowest BCUT2D eigenvalue weighted by Crippen LogP contribution is -2.56. The topological polar surface area (TPSA) is 29.1 Å². The average Bonchev–Trinajstić information content (AvgIpc) is 2.04. The van der Waals surface area contributed by atoms with Crippen LogP contribution in [-0.4, -0.2) is 11.4 Å². The summed E-state index contributed by atoms with van der Waals surface area (Å²) in [6, 6.07) is 0. The van der Waals surface area contributed by atoms with Crippen LogP contribution >= 0.6 is 0 Å². The summed E-state index contributed by atoms with van der Waals surface area (Å²) in [6.07, 6.45) is 8.82. The Morgan fingerprint density at radius 1 is 1.05 bits per heavy atom. The monoisotopic (exact) mass is 277 g/mol. The fraction of sp³-hybridized carbons (Fsp3) is 0.944.